The molecule has 0 aromatic rings. The number of hydrogen-bond donors (Lipinski definition) is 0. The molecule has 1 fully saturated rings. The van der Waals surface area contributed by atoms with Crippen LogP contribution >= 0.6 is 0 Å². The van der Waals surface area contributed by atoms with E-state index in [2.05, 4.69) is 30.4 Å². The van der Waals surface area contributed by atoms with Crippen LogP contribution in [0, 0.1) is 5.92 Å². The average molecular weight is 328 g/mol. The Bertz CT molecular complexity index is 399. The molecule has 3 heteroatoms. The van der Waals surface area contributed by atoms with Gasteiger partial charge in [-0.05, 0) is 0 Å². The zero-order valence-corrected chi connectivity index (χ0v) is 12.9. The van der Waals surface area contributed by atoms with Crippen molar-refractivity contribution in [3.63, 3.8) is 0 Å². The molecule has 0 aromatic carbocycles. The molecule has 3 aliphatic rings. The fourth-order valence-electron chi connectivity index (χ4n) is 3.00. The minimum atomic E-state index is -0.399. The van der Waals surface area contributed by atoms with Crippen LogP contribution in [0.2, 0.25) is 0 Å². The van der Waals surface area contributed by atoms with Crippen LogP contribution in [0.5, 0.6) is 0 Å². The third-order valence-corrected chi connectivity index (χ3v) is 7.50. The summed E-state index contributed by atoms with van der Waals surface area (Å²) >= 11 is -0.399. The molecule has 1 saturated carbocycles. The van der Waals surface area contributed by atoms with Crippen LogP contribution in [0.4, 0.5) is 0 Å². The van der Waals surface area contributed by atoms with E-state index < -0.39 is 23.2 Å². The summed E-state index contributed by atoms with van der Waals surface area (Å²) in [7, 11) is 0. The van der Waals surface area contributed by atoms with Gasteiger partial charge in [-0.15, -0.1) is 0 Å². The number of rotatable bonds is 3. The summed E-state index contributed by atoms with van der Waals surface area (Å²) in [6.07, 6.45) is 20.2. The molecule has 0 aromatic heterocycles. The fraction of sp³-hybridized carbons (Fsp3) is 0.467. The van der Waals surface area contributed by atoms with Crippen LogP contribution in [0.1, 0.15) is 38.5 Å². The van der Waals surface area contributed by atoms with Gasteiger partial charge in [0.15, 0.2) is 0 Å². The van der Waals surface area contributed by atoms with Crippen molar-refractivity contribution < 1.29 is 32.6 Å². The van der Waals surface area contributed by atoms with Gasteiger partial charge in [-0.25, -0.2) is 0 Å². The number of hydrogen-bond acceptors (Lipinski definition) is 0. The van der Waals surface area contributed by atoms with E-state index in [1.165, 1.54) is 38.5 Å². The normalized spacial score (nSPS) is 21.7. The Balaban J connectivity index is 0.000000810. The molecule has 0 bridgehead atoms. The molecule has 3 aliphatic carbocycles. The van der Waals surface area contributed by atoms with Crippen LogP contribution in [-0.4, -0.2) is 0 Å². The average Bonchev–Trinajstić information content (AvgIpc) is 2.98. The van der Waals surface area contributed by atoms with Crippen molar-refractivity contribution in [2.75, 3.05) is 0 Å². The van der Waals surface area contributed by atoms with Crippen molar-refractivity contribution in [3.05, 3.63) is 42.5 Å². The first-order valence-corrected chi connectivity index (χ1v) is 8.91. The minimum absolute atomic E-state index is 0. The molecule has 0 aliphatic heterocycles. The molecule has 96 valence electrons. The molecule has 18 heavy (non-hydrogen) atoms. The Kier molecular flexibility index (Phi) is 6.42. The van der Waals surface area contributed by atoms with Gasteiger partial charge >= 0.3 is 110 Å². The van der Waals surface area contributed by atoms with Gasteiger partial charge in [0, 0.05) is 0 Å². The molecule has 0 nitrogen and oxygen atoms in total. The van der Waals surface area contributed by atoms with Gasteiger partial charge < -0.3 is 9.41 Å². The molecule has 3 rings (SSSR count). The summed E-state index contributed by atoms with van der Waals surface area (Å²) in [6.45, 7) is 0. The largest absolute Gasteiger partial charge is 1.00 e. The Morgan fingerprint density at radius 1 is 1.00 bits per heavy atom. The van der Waals surface area contributed by atoms with Gasteiger partial charge in [0.2, 0.25) is 0 Å². The Morgan fingerprint density at radius 3 is 2.44 bits per heavy atom. The van der Waals surface area contributed by atoms with Gasteiger partial charge in [-0.3, -0.25) is 0 Å². The van der Waals surface area contributed by atoms with Gasteiger partial charge in [-0.2, -0.15) is 0 Å². The van der Waals surface area contributed by atoms with E-state index in [4.69, 9.17) is 0 Å². The van der Waals surface area contributed by atoms with Crippen molar-refractivity contribution in [2.24, 2.45) is 5.92 Å². The molecule has 0 atom stereocenters. The number of allylic oxidation sites excluding steroid dienone is 8. The molecule has 0 N–H and O–H groups in total. The van der Waals surface area contributed by atoms with E-state index in [9.17, 15) is 0 Å². The summed E-state index contributed by atoms with van der Waals surface area (Å²) in [5, 5.41) is 0. The summed E-state index contributed by atoms with van der Waals surface area (Å²) in [5.74, 6) is 0.935. The first-order chi connectivity index (χ1) is 7.93. The van der Waals surface area contributed by atoms with E-state index in [0.717, 1.165) is 5.92 Å². The molecule has 0 saturated heterocycles. The molecular formula is C15H18F2Zr. The molecular weight excluding hydrogens is 309 g/mol. The summed E-state index contributed by atoms with van der Waals surface area (Å²) in [6, 6.07) is 0. The van der Waals surface area contributed by atoms with E-state index >= 15 is 0 Å². The molecule has 0 spiro atoms. The predicted octanol–water partition coefficient (Wildman–Crippen LogP) is -1.68. The maximum atomic E-state index is 2.45. The van der Waals surface area contributed by atoms with Crippen LogP contribution in [-0.2, 0) is 23.2 Å². The third-order valence-electron chi connectivity index (χ3n) is 3.85. The van der Waals surface area contributed by atoms with E-state index in [0.29, 0.717) is 0 Å². The first kappa shape index (κ1) is 15.8. The Labute approximate surface area is 119 Å². The van der Waals surface area contributed by atoms with Crippen LogP contribution < -0.4 is 9.41 Å². The van der Waals surface area contributed by atoms with Crippen molar-refractivity contribution >= 4 is 0 Å². The topological polar surface area (TPSA) is 0 Å². The molecule has 0 unspecified atom stereocenters. The fourth-order valence-corrected chi connectivity index (χ4v) is 6.54. The van der Waals surface area contributed by atoms with Crippen molar-refractivity contribution in [1.82, 2.24) is 0 Å². The predicted molar refractivity (Wildman–Crippen MR) is 64.6 cm³/mol. The summed E-state index contributed by atoms with van der Waals surface area (Å²) < 4.78 is 3.66. The maximum absolute atomic E-state index is 2.45. The van der Waals surface area contributed by atoms with Crippen molar-refractivity contribution in [2.45, 2.75) is 38.5 Å². The van der Waals surface area contributed by atoms with E-state index in [1.807, 2.05) is 3.28 Å². The van der Waals surface area contributed by atoms with Gasteiger partial charge in [0.25, 0.3) is 0 Å². The zero-order valence-electron chi connectivity index (χ0n) is 10.5. The van der Waals surface area contributed by atoms with Crippen LogP contribution in [0.25, 0.3) is 0 Å². The maximum Gasteiger partial charge on any atom is -1.00 e. The number of halogens is 2. The minimum Gasteiger partial charge on any atom is -1.00 e. The second kappa shape index (κ2) is 7.33. The van der Waals surface area contributed by atoms with Crippen molar-refractivity contribution in [1.29, 1.82) is 0 Å². The van der Waals surface area contributed by atoms with E-state index in [1.54, 1.807) is 8.85 Å². The van der Waals surface area contributed by atoms with Crippen LogP contribution in [0.15, 0.2) is 42.5 Å². The molecule has 0 radical (unpaired) electrons. The summed E-state index contributed by atoms with van der Waals surface area (Å²) in [4.78, 5) is 0. The quantitative estimate of drug-likeness (QED) is 0.581. The Hall–Kier alpha value is -0.297. The van der Waals surface area contributed by atoms with Gasteiger partial charge in [-0.1, -0.05) is 0 Å². The molecule has 0 amide bonds. The SMILES string of the molecule is C1=CC[C]([Zr+2][C]2=C(C3CCCC3)C=CC2)=C1.[F-].[F-]. The standard InChI is InChI=1S/C10H13.C5H5.2FH.Zr/c1-2-6-9(5-1)10-7-3-4-8-10;1-2-4-5-3-1;;;/h1,5,10H,2-4,7-8H2;1-3H,4H2;2*1H;/q;;;;+2/p-2. The second-order valence-electron chi connectivity index (χ2n) is 4.97. The molecule has 0 heterocycles. The second-order valence-corrected chi connectivity index (χ2v) is 8.65. The third kappa shape index (κ3) is 3.38. The first-order valence-electron chi connectivity index (χ1n) is 6.46. The Morgan fingerprint density at radius 2 is 1.78 bits per heavy atom. The van der Waals surface area contributed by atoms with Gasteiger partial charge in [0.05, 0.1) is 0 Å². The van der Waals surface area contributed by atoms with Gasteiger partial charge in [0.1, 0.15) is 0 Å². The monoisotopic (exact) mass is 326 g/mol. The zero-order chi connectivity index (χ0) is 10.8. The van der Waals surface area contributed by atoms with Crippen molar-refractivity contribution in [3.8, 4) is 0 Å². The summed E-state index contributed by atoms with van der Waals surface area (Å²) in [5.41, 5.74) is 1.77. The van der Waals surface area contributed by atoms with Crippen LogP contribution in [0.3, 0.4) is 0 Å². The van der Waals surface area contributed by atoms with E-state index in [-0.39, 0.29) is 9.41 Å². The smallest absolute Gasteiger partial charge is 1.00 e.